The lowest BCUT2D eigenvalue weighted by atomic mass is 9.94. The molecule has 1 N–H and O–H groups in total. The van der Waals surface area contributed by atoms with E-state index in [9.17, 15) is 4.21 Å². The summed E-state index contributed by atoms with van der Waals surface area (Å²) in [7, 11) is 2.80. The van der Waals surface area contributed by atoms with E-state index in [0.717, 1.165) is 30.9 Å². The first-order chi connectivity index (χ1) is 14.6. The third-order valence-corrected chi connectivity index (χ3v) is 8.38. The Bertz CT molecular complexity index is 612. The van der Waals surface area contributed by atoms with E-state index in [4.69, 9.17) is 19.2 Å². The zero-order chi connectivity index (χ0) is 23.2. The predicted molar refractivity (Wildman–Crippen MR) is 131 cm³/mol. The maximum absolute atomic E-state index is 12.8. The highest BCUT2D eigenvalue weighted by molar-refractivity contribution is 8.14. The number of nitrogens with zero attached hydrogens (tertiary/aromatic N) is 2. The monoisotopic (exact) mass is 477 g/mol. The Morgan fingerprint density at radius 2 is 1.74 bits per heavy atom. The number of hydrogen-bond acceptors (Lipinski definition) is 7. The highest BCUT2D eigenvalue weighted by Crippen LogP contribution is 2.40. The van der Waals surface area contributed by atoms with Crippen LogP contribution < -0.4 is 4.72 Å². The summed E-state index contributed by atoms with van der Waals surface area (Å²) in [6.45, 7) is 13.6. The van der Waals surface area contributed by atoms with Gasteiger partial charge in [-0.25, -0.2) is 8.93 Å². The van der Waals surface area contributed by atoms with Crippen molar-refractivity contribution in [2.75, 3.05) is 27.3 Å². The molecule has 0 aromatic carbocycles. The Hall–Kier alpha value is -0.190. The quantitative estimate of drug-likeness (QED) is 0.459. The minimum atomic E-state index is -1.20. The van der Waals surface area contributed by atoms with Crippen LogP contribution in [0.5, 0.6) is 0 Å². The number of ether oxygens (including phenoxy) is 3. The number of rotatable bonds is 11. The fourth-order valence-corrected chi connectivity index (χ4v) is 5.45. The fraction of sp³-hybridized carbons (Fsp3) is 0.955. The Morgan fingerprint density at radius 1 is 1.16 bits per heavy atom. The molecule has 7 nitrogen and oxygen atoms in total. The van der Waals surface area contributed by atoms with Crippen LogP contribution in [0.4, 0.5) is 0 Å². The minimum Gasteiger partial charge on any atom is -0.373 e. The largest absolute Gasteiger partial charge is 0.373 e. The first kappa shape index (κ1) is 27.1. The Labute approximate surface area is 196 Å². The Balaban J connectivity index is 2.28. The molecule has 1 saturated heterocycles. The smallest absolute Gasteiger partial charge is 0.161 e. The minimum absolute atomic E-state index is 0.109. The number of thioether (sulfide) groups is 1. The summed E-state index contributed by atoms with van der Waals surface area (Å²) in [5.74, 6) is 0. The van der Waals surface area contributed by atoms with E-state index >= 15 is 0 Å². The fourth-order valence-electron chi connectivity index (χ4n) is 3.49. The van der Waals surface area contributed by atoms with E-state index in [0.29, 0.717) is 13.2 Å². The third-order valence-electron chi connectivity index (χ3n) is 5.38. The van der Waals surface area contributed by atoms with Crippen LogP contribution in [0.3, 0.4) is 0 Å². The molecular formula is C22H43N3O4S2. The van der Waals surface area contributed by atoms with Crippen molar-refractivity contribution in [3.8, 4) is 0 Å². The van der Waals surface area contributed by atoms with Crippen LogP contribution >= 0.6 is 11.8 Å². The number of aliphatic imine (C=N–C) groups is 1. The second-order valence-electron chi connectivity index (χ2n) is 9.55. The first-order valence-electron chi connectivity index (χ1n) is 11.6. The zero-order valence-electron chi connectivity index (χ0n) is 20.6. The topological polar surface area (TPSA) is 72.4 Å². The molecule has 31 heavy (non-hydrogen) atoms. The van der Waals surface area contributed by atoms with Gasteiger partial charge in [0.2, 0.25) is 0 Å². The first-order valence-corrected chi connectivity index (χ1v) is 13.6. The van der Waals surface area contributed by atoms with Crippen molar-refractivity contribution in [2.24, 2.45) is 4.99 Å². The van der Waals surface area contributed by atoms with Gasteiger partial charge in [0, 0.05) is 33.4 Å². The molecule has 0 aromatic heterocycles. The van der Waals surface area contributed by atoms with E-state index < -0.39 is 11.0 Å². The summed E-state index contributed by atoms with van der Waals surface area (Å²) in [5, 5.41) is 0.950. The number of fused-ring (bicyclic) bond motifs is 1. The van der Waals surface area contributed by atoms with Crippen LogP contribution in [-0.2, 0) is 25.2 Å². The average Bonchev–Trinajstić information content (AvgIpc) is 3.12. The maximum Gasteiger partial charge on any atom is 0.161 e. The van der Waals surface area contributed by atoms with Gasteiger partial charge in [0.05, 0.1) is 15.7 Å². The van der Waals surface area contributed by atoms with Crippen molar-refractivity contribution in [3.05, 3.63) is 0 Å². The molecule has 0 aromatic rings. The van der Waals surface area contributed by atoms with Crippen LogP contribution in [0, 0.1) is 0 Å². The number of unbranched alkanes of at least 4 members (excludes halogenated alkanes) is 2. The van der Waals surface area contributed by atoms with E-state index in [-0.39, 0.29) is 40.6 Å². The normalized spacial score (nSPS) is 30.6. The van der Waals surface area contributed by atoms with Gasteiger partial charge in [-0.15, -0.1) is 0 Å². The predicted octanol–water partition coefficient (Wildman–Crippen LogP) is 3.56. The number of nitrogens with one attached hydrogen (secondary N) is 1. The highest BCUT2D eigenvalue weighted by Gasteiger charge is 2.52. The lowest BCUT2D eigenvalue weighted by Gasteiger charge is -2.45. The van der Waals surface area contributed by atoms with Gasteiger partial charge in [-0.05, 0) is 40.5 Å². The van der Waals surface area contributed by atoms with Crippen molar-refractivity contribution in [1.82, 2.24) is 9.62 Å². The molecule has 2 aliphatic heterocycles. The second-order valence-corrected chi connectivity index (χ2v) is 12.6. The zero-order valence-corrected chi connectivity index (χ0v) is 22.2. The molecule has 2 aliphatic rings. The van der Waals surface area contributed by atoms with Crippen LogP contribution in [0.25, 0.3) is 0 Å². The van der Waals surface area contributed by atoms with Crippen LogP contribution in [0.2, 0.25) is 0 Å². The third kappa shape index (κ3) is 7.40. The van der Waals surface area contributed by atoms with Crippen molar-refractivity contribution >= 4 is 27.9 Å². The van der Waals surface area contributed by atoms with Crippen LogP contribution in [0.1, 0.15) is 67.2 Å². The van der Waals surface area contributed by atoms with Gasteiger partial charge in [0.1, 0.15) is 29.8 Å². The summed E-state index contributed by atoms with van der Waals surface area (Å²) in [5.41, 5.74) is -0.132. The Morgan fingerprint density at radius 3 is 2.26 bits per heavy atom. The van der Waals surface area contributed by atoms with Gasteiger partial charge in [0.25, 0.3) is 0 Å². The molecule has 0 radical (unpaired) electrons. The molecule has 1 fully saturated rings. The average molecular weight is 478 g/mol. The standard InChI is InChI=1S/C22H43N3O4S2/c1-9-11-13-27-18-16-20(30-21(23-16)25(7)8)29-17(19(18)28-14-12-10-2)15(3)24-31(26)22(4,5)6/h15-20,24H,9-14H2,1-8H3/t15?,16-,17-,18-,19-,20-,31?/m1/s1. The van der Waals surface area contributed by atoms with Crippen molar-refractivity contribution in [3.63, 3.8) is 0 Å². The van der Waals surface area contributed by atoms with Crippen molar-refractivity contribution < 1.29 is 18.4 Å². The molecule has 0 spiro atoms. The molecule has 2 heterocycles. The molecular weight excluding hydrogens is 434 g/mol. The molecule has 182 valence electrons. The summed E-state index contributed by atoms with van der Waals surface area (Å²) in [6, 6.07) is -0.267. The summed E-state index contributed by atoms with van der Waals surface area (Å²) >= 11 is 1.64. The van der Waals surface area contributed by atoms with Crippen LogP contribution in [-0.4, -0.2) is 82.2 Å². The van der Waals surface area contributed by atoms with Gasteiger partial charge in [-0.2, -0.15) is 0 Å². The Kier molecular flexibility index (Phi) is 10.8. The van der Waals surface area contributed by atoms with Crippen LogP contribution in [0.15, 0.2) is 4.99 Å². The van der Waals surface area contributed by atoms with Gasteiger partial charge in [-0.1, -0.05) is 38.5 Å². The lowest BCUT2D eigenvalue weighted by molar-refractivity contribution is -0.196. The lowest BCUT2D eigenvalue weighted by Crippen LogP contribution is -2.62. The summed E-state index contributed by atoms with van der Waals surface area (Å²) in [6.07, 6.45) is 3.38. The van der Waals surface area contributed by atoms with E-state index in [1.165, 1.54) is 0 Å². The van der Waals surface area contributed by atoms with Crippen molar-refractivity contribution in [1.29, 1.82) is 0 Å². The summed E-state index contributed by atoms with van der Waals surface area (Å²) in [4.78, 5) is 6.96. The SMILES string of the molecule is CCCCO[C@@H]1[C@H]2N=C(N(C)C)S[C@H]2O[C@H](C(C)NS(=O)C(C)(C)C)[C@H]1OCCCC. The molecule has 0 saturated carbocycles. The van der Waals surface area contributed by atoms with E-state index in [2.05, 4.69) is 18.6 Å². The maximum atomic E-state index is 12.8. The van der Waals surface area contributed by atoms with E-state index in [1.54, 1.807) is 11.8 Å². The molecule has 2 rings (SSSR count). The van der Waals surface area contributed by atoms with E-state index in [1.807, 2.05) is 46.7 Å². The number of amidine groups is 1. The van der Waals surface area contributed by atoms with Gasteiger partial charge in [0.15, 0.2) is 5.17 Å². The molecule has 2 unspecified atom stereocenters. The number of hydrogen-bond donors (Lipinski definition) is 1. The molecule has 9 heteroatoms. The molecule has 0 bridgehead atoms. The molecule has 7 atom stereocenters. The molecule has 0 aliphatic carbocycles. The second kappa shape index (κ2) is 12.3. The van der Waals surface area contributed by atoms with Gasteiger partial charge >= 0.3 is 0 Å². The molecule has 0 amide bonds. The van der Waals surface area contributed by atoms with Gasteiger partial charge < -0.3 is 19.1 Å². The van der Waals surface area contributed by atoms with Crippen molar-refractivity contribution in [2.45, 2.75) is 108 Å². The van der Waals surface area contributed by atoms with Gasteiger partial charge in [-0.3, -0.25) is 4.99 Å². The summed E-state index contributed by atoms with van der Waals surface area (Å²) < 4.78 is 35.1. The highest BCUT2D eigenvalue weighted by atomic mass is 32.2.